The summed E-state index contributed by atoms with van der Waals surface area (Å²) in [6, 6.07) is 0. The Balaban J connectivity index is 2.45. The maximum absolute atomic E-state index is 12.3. The second kappa shape index (κ2) is 6.05. The minimum Gasteiger partial charge on any atom is -0.397 e. The highest BCUT2D eigenvalue weighted by Crippen LogP contribution is 2.43. The molecule has 1 aliphatic carbocycles. The van der Waals surface area contributed by atoms with Crippen LogP contribution in [0.2, 0.25) is 0 Å². The van der Waals surface area contributed by atoms with Gasteiger partial charge in [-0.15, -0.1) is 11.3 Å². The van der Waals surface area contributed by atoms with Gasteiger partial charge in [-0.2, -0.15) is 0 Å². The molecule has 1 fully saturated rings. The Bertz CT molecular complexity index is 562. The van der Waals surface area contributed by atoms with Crippen molar-refractivity contribution >= 4 is 33.7 Å². The minimum atomic E-state index is -0.559. The van der Waals surface area contributed by atoms with Crippen LogP contribution in [0.15, 0.2) is 0 Å². The number of amides is 1. The van der Waals surface area contributed by atoms with Crippen LogP contribution in [0.1, 0.15) is 53.6 Å². The van der Waals surface area contributed by atoms with E-state index < -0.39 is 5.91 Å². The van der Waals surface area contributed by atoms with Crippen LogP contribution in [0, 0.1) is 11.8 Å². The Morgan fingerprint density at radius 2 is 2.00 bits per heavy atom. The average Bonchev–Trinajstić information content (AvgIpc) is 3.18. The number of Topliss-reactive ketones (excluding diaryl/α,β-unsaturated/α-hetero) is 1. The molecule has 6 heteroatoms. The van der Waals surface area contributed by atoms with Gasteiger partial charge in [0.15, 0.2) is 5.78 Å². The maximum Gasteiger partial charge on any atom is 0.253 e. The van der Waals surface area contributed by atoms with Gasteiger partial charge in [0.25, 0.3) is 5.91 Å². The van der Waals surface area contributed by atoms with E-state index in [0.717, 1.165) is 30.9 Å². The summed E-state index contributed by atoms with van der Waals surface area (Å²) in [5.74, 6) is 0.0268. The van der Waals surface area contributed by atoms with Gasteiger partial charge in [0.2, 0.25) is 0 Å². The third kappa shape index (κ3) is 3.20. The number of hydrogen-bond donors (Lipinski definition) is 2. The number of carbonyl (C=O) groups is 2. The minimum absolute atomic E-state index is 0.0619. The summed E-state index contributed by atoms with van der Waals surface area (Å²) in [5.41, 5.74) is 12.1. The number of carbonyl (C=O) groups excluding carboxylic acids is 2. The Kier molecular flexibility index (Phi) is 4.56. The highest BCUT2D eigenvalue weighted by molar-refractivity contribution is 7.19. The van der Waals surface area contributed by atoms with Crippen molar-refractivity contribution in [3.63, 3.8) is 0 Å². The zero-order valence-electron chi connectivity index (χ0n) is 12.8. The predicted molar refractivity (Wildman–Crippen MR) is 87.0 cm³/mol. The molecule has 0 saturated heterocycles. The second-order valence-corrected chi connectivity index (χ2v) is 6.96. The van der Waals surface area contributed by atoms with Crippen molar-refractivity contribution in [1.29, 1.82) is 0 Å². The molecule has 0 atom stereocenters. The highest BCUT2D eigenvalue weighted by atomic mass is 32.1. The lowest BCUT2D eigenvalue weighted by Gasteiger charge is -2.24. The molecule has 116 valence electrons. The molecule has 0 bridgehead atoms. The molecule has 21 heavy (non-hydrogen) atoms. The van der Waals surface area contributed by atoms with E-state index in [9.17, 15) is 9.59 Å². The van der Waals surface area contributed by atoms with Crippen molar-refractivity contribution in [3.8, 4) is 0 Å². The van der Waals surface area contributed by atoms with Crippen LogP contribution in [0.5, 0.6) is 0 Å². The number of anilines is 2. The van der Waals surface area contributed by atoms with Gasteiger partial charge in [-0.05, 0) is 25.7 Å². The molecule has 4 N–H and O–H groups in total. The molecule has 1 aromatic rings. The summed E-state index contributed by atoms with van der Waals surface area (Å²) in [7, 11) is 0. The van der Waals surface area contributed by atoms with E-state index in [1.54, 1.807) is 0 Å². The second-order valence-electron chi connectivity index (χ2n) is 5.96. The molecule has 1 amide bonds. The van der Waals surface area contributed by atoms with Gasteiger partial charge in [-0.25, -0.2) is 0 Å². The number of thiophene rings is 1. The molecule has 1 heterocycles. The van der Waals surface area contributed by atoms with Crippen LogP contribution in [-0.4, -0.2) is 24.8 Å². The lowest BCUT2D eigenvalue weighted by Crippen LogP contribution is -2.28. The molecule has 2 rings (SSSR count). The van der Waals surface area contributed by atoms with Gasteiger partial charge in [0.1, 0.15) is 5.00 Å². The van der Waals surface area contributed by atoms with Crippen molar-refractivity contribution in [3.05, 3.63) is 10.4 Å². The van der Waals surface area contributed by atoms with Crippen molar-refractivity contribution in [2.24, 2.45) is 17.6 Å². The summed E-state index contributed by atoms with van der Waals surface area (Å²) in [6.45, 7) is 7.79. The maximum atomic E-state index is 12.3. The first-order valence-electron chi connectivity index (χ1n) is 7.38. The summed E-state index contributed by atoms with van der Waals surface area (Å²) in [6.07, 6.45) is 1.84. The molecule has 1 aromatic heterocycles. The fourth-order valence-corrected chi connectivity index (χ4v) is 3.72. The average molecular weight is 309 g/mol. The monoisotopic (exact) mass is 309 g/mol. The standard InChI is InChI=1S/C15H23N3O2S/c1-4-18(7-8(2)3)15-10(14(17)20)11(16)13(21-15)12(19)9-5-6-9/h8-9H,4-7,16H2,1-3H3,(H2,17,20). The van der Waals surface area contributed by atoms with Gasteiger partial charge in [0, 0.05) is 19.0 Å². The van der Waals surface area contributed by atoms with Gasteiger partial charge >= 0.3 is 0 Å². The van der Waals surface area contributed by atoms with Crippen molar-refractivity contribution < 1.29 is 9.59 Å². The van der Waals surface area contributed by atoms with Crippen LogP contribution >= 0.6 is 11.3 Å². The van der Waals surface area contributed by atoms with Crippen LogP contribution in [-0.2, 0) is 0 Å². The van der Waals surface area contributed by atoms with E-state index in [2.05, 4.69) is 18.7 Å². The summed E-state index contributed by atoms with van der Waals surface area (Å²) in [4.78, 5) is 26.7. The van der Waals surface area contributed by atoms with Gasteiger partial charge < -0.3 is 16.4 Å². The number of ketones is 1. The Hall–Kier alpha value is -1.56. The van der Waals surface area contributed by atoms with Gasteiger partial charge in [-0.3, -0.25) is 9.59 Å². The Labute approximate surface area is 129 Å². The van der Waals surface area contributed by atoms with E-state index >= 15 is 0 Å². The van der Waals surface area contributed by atoms with E-state index in [0.29, 0.717) is 16.4 Å². The molecule has 0 spiro atoms. The van der Waals surface area contributed by atoms with Crippen molar-refractivity contribution in [1.82, 2.24) is 0 Å². The summed E-state index contributed by atoms with van der Waals surface area (Å²) in [5, 5.41) is 0.736. The van der Waals surface area contributed by atoms with E-state index in [1.165, 1.54) is 11.3 Å². The first-order valence-corrected chi connectivity index (χ1v) is 8.19. The lowest BCUT2D eigenvalue weighted by molar-refractivity contribution is 0.0972. The Morgan fingerprint density at radius 3 is 2.43 bits per heavy atom. The number of rotatable bonds is 7. The van der Waals surface area contributed by atoms with Gasteiger partial charge in [-0.1, -0.05) is 13.8 Å². The molecule has 1 aliphatic rings. The molecule has 0 aliphatic heterocycles. The van der Waals surface area contributed by atoms with Crippen LogP contribution in [0.4, 0.5) is 10.7 Å². The third-order valence-corrected chi connectivity index (χ3v) is 4.88. The molecule has 5 nitrogen and oxygen atoms in total. The molecular weight excluding hydrogens is 286 g/mol. The quantitative estimate of drug-likeness (QED) is 0.757. The largest absolute Gasteiger partial charge is 0.397 e. The third-order valence-electron chi connectivity index (χ3n) is 3.60. The molecule has 0 unspecified atom stereocenters. The number of primary amides is 1. The number of nitrogens with two attached hydrogens (primary N) is 2. The number of hydrogen-bond acceptors (Lipinski definition) is 5. The smallest absolute Gasteiger partial charge is 0.253 e. The molecular formula is C15H23N3O2S. The normalized spacial score (nSPS) is 14.5. The number of nitrogens with zero attached hydrogens (tertiary/aromatic N) is 1. The fourth-order valence-electron chi connectivity index (χ4n) is 2.40. The lowest BCUT2D eigenvalue weighted by atomic mass is 10.1. The number of nitrogen functional groups attached to an aromatic ring is 1. The zero-order valence-corrected chi connectivity index (χ0v) is 13.6. The molecule has 1 saturated carbocycles. The summed E-state index contributed by atoms with van der Waals surface area (Å²) < 4.78 is 0. The first-order chi connectivity index (χ1) is 9.86. The van der Waals surface area contributed by atoms with E-state index in [-0.39, 0.29) is 17.4 Å². The van der Waals surface area contributed by atoms with Crippen molar-refractivity contribution in [2.45, 2.75) is 33.6 Å². The fraction of sp³-hybridized carbons (Fsp3) is 0.600. The first kappa shape index (κ1) is 15.8. The van der Waals surface area contributed by atoms with Crippen LogP contribution < -0.4 is 16.4 Å². The van der Waals surface area contributed by atoms with Crippen LogP contribution in [0.25, 0.3) is 0 Å². The Morgan fingerprint density at radius 1 is 1.38 bits per heavy atom. The van der Waals surface area contributed by atoms with E-state index in [4.69, 9.17) is 11.5 Å². The topological polar surface area (TPSA) is 89.4 Å². The van der Waals surface area contributed by atoms with Gasteiger partial charge in [0.05, 0.1) is 16.1 Å². The summed E-state index contributed by atoms with van der Waals surface area (Å²) >= 11 is 1.32. The molecule has 0 radical (unpaired) electrons. The van der Waals surface area contributed by atoms with E-state index in [1.807, 2.05) is 6.92 Å². The SMILES string of the molecule is CCN(CC(C)C)c1sc(C(=O)C2CC2)c(N)c1C(N)=O. The highest BCUT2D eigenvalue weighted by Gasteiger charge is 2.35. The predicted octanol–water partition coefficient (Wildman–Crippen LogP) is 2.50. The molecule has 0 aromatic carbocycles. The zero-order chi connectivity index (χ0) is 15.7. The van der Waals surface area contributed by atoms with Crippen LogP contribution in [0.3, 0.4) is 0 Å². The van der Waals surface area contributed by atoms with Crippen molar-refractivity contribution in [2.75, 3.05) is 23.7 Å².